The fraction of sp³-hybridized carbons (Fsp3) is 0.250. The molecular formula is C36H34F3N5O5. The van der Waals surface area contributed by atoms with Gasteiger partial charge in [-0.25, -0.2) is 4.79 Å². The van der Waals surface area contributed by atoms with Gasteiger partial charge in [0.2, 0.25) is 0 Å². The van der Waals surface area contributed by atoms with Crippen LogP contribution < -0.4 is 20.7 Å². The maximum absolute atomic E-state index is 13.8. The second kappa shape index (κ2) is 13.2. The van der Waals surface area contributed by atoms with Crippen LogP contribution in [0.2, 0.25) is 0 Å². The lowest BCUT2D eigenvalue weighted by Gasteiger charge is -2.29. The maximum atomic E-state index is 13.8. The van der Waals surface area contributed by atoms with E-state index in [0.717, 1.165) is 25.2 Å². The van der Waals surface area contributed by atoms with Crippen molar-refractivity contribution in [3.05, 3.63) is 99.9 Å². The van der Waals surface area contributed by atoms with Crippen LogP contribution in [-0.2, 0) is 11.0 Å². The molecule has 5 N–H and O–H groups in total. The Morgan fingerprint density at radius 1 is 1.00 bits per heavy atom. The first-order valence-corrected chi connectivity index (χ1v) is 15.6. The van der Waals surface area contributed by atoms with Crippen molar-refractivity contribution >= 4 is 52.2 Å². The number of aromatic carboxylic acids is 1. The van der Waals surface area contributed by atoms with E-state index in [4.69, 9.17) is 4.74 Å². The normalized spacial score (nSPS) is 16.0. The summed E-state index contributed by atoms with van der Waals surface area (Å²) in [4.78, 5) is 42.9. The van der Waals surface area contributed by atoms with E-state index in [0.29, 0.717) is 63.7 Å². The Balaban J connectivity index is 1.18. The van der Waals surface area contributed by atoms with E-state index in [1.165, 1.54) is 6.07 Å². The lowest BCUT2D eigenvalue weighted by Crippen LogP contribution is -2.35. The van der Waals surface area contributed by atoms with Crippen molar-refractivity contribution in [2.45, 2.75) is 39.0 Å². The van der Waals surface area contributed by atoms with E-state index in [1.807, 2.05) is 7.05 Å². The molecule has 10 nitrogen and oxygen atoms in total. The first kappa shape index (κ1) is 33.3. The molecular weight excluding hydrogens is 639 g/mol. The first-order valence-electron chi connectivity index (χ1n) is 15.6. The molecule has 0 spiro atoms. The smallest absolute Gasteiger partial charge is 0.416 e. The number of ether oxygens (including phenoxy) is 1. The van der Waals surface area contributed by atoms with Gasteiger partial charge in [-0.2, -0.15) is 13.2 Å². The number of rotatable bonds is 8. The number of hydrogen-bond acceptors (Lipinski definition) is 6. The molecule has 1 saturated heterocycles. The zero-order valence-electron chi connectivity index (χ0n) is 26.9. The number of anilines is 4. The Kier molecular flexibility index (Phi) is 8.95. The van der Waals surface area contributed by atoms with Gasteiger partial charge in [-0.3, -0.25) is 9.59 Å². The molecule has 0 atom stereocenters. The minimum Gasteiger partial charge on any atom is -0.490 e. The predicted molar refractivity (Wildman–Crippen MR) is 180 cm³/mol. The molecule has 4 aromatic rings. The van der Waals surface area contributed by atoms with Crippen LogP contribution >= 0.6 is 0 Å². The number of benzene rings is 3. The van der Waals surface area contributed by atoms with Gasteiger partial charge in [0, 0.05) is 52.7 Å². The Morgan fingerprint density at radius 2 is 1.71 bits per heavy atom. The van der Waals surface area contributed by atoms with Crippen LogP contribution in [0.5, 0.6) is 5.75 Å². The molecule has 1 aromatic heterocycles. The average molecular weight is 674 g/mol. The van der Waals surface area contributed by atoms with Gasteiger partial charge < -0.3 is 35.7 Å². The molecule has 49 heavy (non-hydrogen) atoms. The molecule has 3 aromatic carbocycles. The number of halogens is 3. The second-order valence-electron chi connectivity index (χ2n) is 12.3. The number of carboxylic acid groups (broad SMARTS) is 1. The minimum atomic E-state index is -4.67. The van der Waals surface area contributed by atoms with Crippen molar-refractivity contribution in [1.82, 2.24) is 9.88 Å². The highest BCUT2D eigenvalue weighted by atomic mass is 19.4. The number of aromatic nitrogens is 1. The first-order chi connectivity index (χ1) is 23.2. The van der Waals surface area contributed by atoms with E-state index >= 15 is 0 Å². The summed E-state index contributed by atoms with van der Waals surface area (Å²) in [7, 11) is 1.97. The Bertz CT molecular complexity index is 1990. The highest BCUT2D eigenvalue weighted by molar-refractivity contribution is 6.35. The van der Waals surface area contributed by atoms with Crippen LogP contribution in [0.1, 0.15) is 61.6 Å². The second-order valence-corrected chi connectivity index (χ2v) is 12.3. The van der Waals surface area contributed by atoms with E-state index in [-0.39, 0.29) is 28.9 Å². The summed E-state index contributed by atoms with van der Waals surface area (Å²) in [6.07, 6.45) is -1.94. The number of piperidine rings is 1. The summed E-state index contributed by atoms with van der Waals surface area (Å²) in [5.74, 6) is -2.12. The third-order valence-corrected chi connectivity index (χ3v) is 8.65. The number of likely N-dealkylation sites (tertiary alicyclic amines) is 1. The van der Waals surface area contributed by atoms with Gasteiger partial charge >= 0.3 is 12.1 Å². The molecule has 0 aliphatic carbocycles. The lowest BCUT2D eigenvalue weighted by molar-refractivity contribution is -0.137. The monoisotopic (exact) mass is 673 g/mol. The number of nitrogens with one attached hydrogen (secondary N) is 4. The molecule has 2 aliphatic rings. The third kappa shape index (κ3) is 7.31. The quantitative estimate of drug-likeness (QED) is 0.124. The molecule has 13 heteroatoms. The summed E-state index contributed by atoms with van der Waals surface area (Å²) in [5.41, 5.74) is 3.67. The molecule has 2 amide bonds. The molecule has 6 rings (SSSR count). The topological polar surface area (TPSA) is 136 Å². The van der Waals surface area contributed by atoms with Crippen molar-refractivity contribution in [1.29, 1.82) is 0 Å². The maximum Gasteiger partial charge on any atom is 0.416 e. The lowest BCUT2D eigenvalue weighted by atomic mass is 10.0. The van der Waals surface area contributed by atoms with E-state index in [9.17, 15) is 32.7 Å². The molecule has 254 valence electrons. The number of alkyl halides is 3. The number of carboxylic acids is 1. The zero-order chi connectivity index (χ0) is 35.0. The number of aromatic amines is 1. The largest absolute Gasteiger partial charge is 0.490 e. The molecule has 0 saturated carbocycles. The molecule has 2 aliphatic heterocycles. The van der Waals surface area contributed by atoms with Gasteiger partial charge in [-0.05, 0) is 93.9 Å². The molecule has 3 heterocycles. The van der Waals surface area contributed by atoms with Crippen LogP contribution in [0, 0.1) is 13.8 Å². The molecule has 0 bridgehead atoms. The van der Waals surface area contributed by atoms with Crippen LogP contribution in [0.15, 0.2) is 60.7 Å². The zero-order valence-corrected chi connectivity index (χ0v) is 26.9. The van der Waals surface area contributed by atoms with Crippen LogP contribution in [0.25, 0.3) is 11.6 Å². The van der Waals surface area contributed by atoms with E-state index in [1.54, 1.807) is 62.4 Å². The summed E-state index contributed by atoms with van der Waals surface area (Å²) >= 11 is 0. The number of amides is 2. The number of H-pyrrole nitrogens is 1. The van der Waals surface area contributed by atoms with Gasteiger partial charge in [0.25, 0.3) is 11.8 Å². The van der Waals surface area contributed by atoms with Crippen LogP contribution in [0.3, 0.4) is 0 Å². The summed E-state index contributed by atoms with van der Waals surface area (Å²) in [5, 5.41) is 18.2. The average Bonchev–Trinajstić information content (AvgIpc) is 3.50. The number of carbonyl (C=O) groups excluding carboxylic acids is 2. The molecule has 0 radical (unpaired) electrons. The fourth-order valence-corrected chi connectivity index (χ4v) is 6.10. The SMILES string of the molecule is Cc1[nH]c(C=C2C(=O)Nc3cc(Nc4cccc(NC(=O)c5cc(OC6CCN(C)CC6)cc(C(F)(F)F)c5)c4)ccc32)c(C)c1C(=O)O. The van der Waals surface area contributed by atoms with Gasteiger partial charge in [0.1, 0.15) is 11.9 Å². The Morgan fingerprint density at radius 3 is 2.41 bits per heavy atom. The number of carbonyl (C=O) groups is 3. The van der Waals surface area contributed by atoms with Crippen molar-refractivity contribution in [2.24, 2.45) is 0 Å². The number of fused-ring (bicyclic) bond motifs is 1. The summed E-state index contributed by atoms with van der Waals surface area (Å²) in [6.45, 7) is 4.88. The van der Waals surface area contributed by atoms with E-state index < -0.39 is 23.6 Å². The van der Waals surface area contributed by atoms with Gasteiger partial charge in [-0.1, -0.05) is 12.1 Å². The van der Waals surface area contributed by atoms with Crippen LogP contribution in [-0.4, -0.2) is 59.0 Å². The van der Waals surface area contributed by atoms with Crippen molar-refractivity contribution in [3.63, 3.8) is 0 Å². The van der Waals surface area contributed by atoms with Crippen LogP contribution in [0.4, 0.5) is 35.9 Å². The highest BCUT2D eigenvalue weighted by Crippen LogP contribution is 2.37. The van der Waals surface area contributed by atoms with Gasteiger partial charge in [-0.15, -0.1) is 0 Å². The van der Waals surface area contributed by atoms with Crippen molar-refractivity contribution < 1.29 is 37.4 Å². The van der Waals surface area contributed by atoms with Crippen molar-refractivity contribution in [3.8, 4) is 5.75 Å². The van der Waals surface area contributed by atoms with Crippen molar-refractivity contribution in [2.75, 3.05) is 36.1 Å². The standard InChI is InChI=1S/C36H34F3N5O5/c1-19-30(40-20(2)32(19)35(47)48)18-29-28-8-7-25(17-31(28)43-34(29)46)41-23-5-4-6-24(16-23)42-33(45)21-13-22(36(37,38)39)15-27(14-21)49-26-9-11-44(3)12-10-26/h4-8,13-18,26,40-41H,9-12H2,1-3H3,(H,42,45)(H,43,46)(H,47,48). The van der Waals surface area contributed by atoms with Gasteiger partial charge in [0.15, 0.2) is 0 Å². The predicted octanol–water partition coefficient (Wildman–Crippen LogP) is 7.31. The molecule has 1 fully saturated rings. The highest BCUT2D eigenvalue weighted by Gasteiger charge is 2.33. The Labute approximate surface area is 280 Å². The third-order valence-electron chi connectivity index (χ3n) is 8.65. The Hall–Kier alpha value is -5.56. The fourth-order valence-electron chi connectivity index (χ4n) is 6.10. The number of aryl methyl sites for hydroxylation is 1. The number of hydrogen-bond donors (Lipinski definition) is 5. The van der Waals surface area contributed by atoms with E-state index in [2.05, 4.69) is 25.8 Å². The van der Waals surface area contributed by atoms with Gasteiger partial charge in [0.05, 0.1) is 22.4 Å². The summed E-state index contributed by atoms with van der Waals surface area (Å²) < 4.78 is 47.2. The minimum absolute atomic E-state index is 0.00481. The molecule has 0 unspecified atom stereocenters. The summed E-state index contributed by atoms with van der Waals surface area (Å²) in [6, 6.07) is 15.0. The number of nitrogens with zero attached hydrogens (tertiary/aromatic N) is 1.